The third-order valence-corrected chi connectivity index (χ3v) is 4.27. The number of aryl methyl sites for hydroxylation is 2. The molecule has 0 aromatic heterocycles. The summed E-state index contributed by atoms with van der Waals surface area (Å²) >= 11 is 1.50. The first-order valence-corrected chi connectivity index (χ1v) is 7.24. The predicted octanol–water partition coefficient (Wildman–Crippen LogP) is 4.57. The van der Waals surface area contributed by atoms with Gasteiger partial charge in [-0.15, -0.1) is 0 Å². The highest BCUT2D eigenvalue weighted by Gasteiger charge is 2.18. The van der Waals surface area contributed by atoms with E-state index in [0.29, 0.717) is 0 Å². The van der Waals surface area contributed by atoms with Crippen molar-refractivity contribution in [3.8, 4) is 0 Å². The van der Waals surface area contributed by atoms with Crippen molar-refractivity contribution < 1.29 is 9.72 Å². The summed E-state index contributed by atoms with van der Waals surface area (Å²) in [7, 11) is 0. The Morgan fingerprint density at radius 3 is 2.43 bits per heavy atom. The molecule has 0 aliphatic heterocycles. The zero-order chi connectivity index (χ0) is 15.6. The van der Waals surface area contributed by atoms with Gasteiger partial charge in [-0.25, -0.2) is 0 Å². The number of nitro groups is 1. The second-order valence-electron chi connectivity index (χ2n) is 4.86. The molecule has 0 aliphatic rings. The van der Waals surface area contributed by atoms with Crippen LogP contribution >= 0.6 is 11.8 Å². The maximum Gasteiger partial charge on any atom is 0.280 e. The quantitative estimate of drug-likeness (QED) is 0.471. The van der Waals surface area contributed by atoms with E-state index in [0.717, 1.165) is 15.4 Å². The van der Waals surface area contributed by atoms with Gasteiger partial charge in [0.25, 0.3) is 5.69 Å². The van der Waals surface area contributed by atoms with E-state index in [9.17, 15) is 14.9 Å². The van der Waals surface area contributed by atoms with Crippen molar-refractivity contribution in [1.82, 2.24) is 0 Å². The monoisotopic (exact) mass is 301 g/mol. The van der Waals surface area contributed by atoms with E-state index in [1.165, 1.54) is 30.3 Å². The number of carbonyl (C=O) groups is 1. The van der Waals surface area contributed by atoms with E-state index in [1.54, 1.807) is 12.1 Å². The van der Waals surface area contributed by atoms with Crippen molar-refractivity contribution in [1.29, 1.82) is 0 Å². The molecule has 0 N–H and O–H groups in total. The number of benzene rings is 2. The fraction of sp³-hybridized carbons (Fsp3) is 0.188. The van der Waals surface area contributed by atoms with Crippen LogP contribution in [0.4, 0.5) is 5.69 Å². The highest BCUT2D eigenvalue weighted by molar-refractivity contribution is 7.99. The molecule has 0 radical (unpaired) electrons. The molecule has 5 heteroatoms. The molecule has 0 amide bonds. The molecule has 0 unspecified atom stereocenters. The van der Waals surface area contributed by atoms with Crippen LogP contribution in [0, 0.1) is 24.0 Å². The van der Waals surface area contributed by atoms with Crippen molar-refractivity contribution >= 4 is 23.2 Å². The van der Waals surface area contributed by atoms with Gasteiger partial charge < -0.3 is 0 Å². The molecule has 0 heterocycles. The summed E-state index contributed by atoms with van der Waals surface area (Å²) < 4.78 is 0. The zero-order valence-electron chi connectivity index (χ0n) is 12.0. The average molecular weight is 301 g/mol. The summed E-state index contributed by atoms with van der Waals surface area (Å²) in [4.78, 5) is 23.9. The van der Waals surface area contributed by atoms with Gasteiger partial charge in [0.1, 0.15) is 0 Å². The molecule has 0 atom stereocenters. The maximum absolute atomic E-state index is 11.6. The molecular weight excluding hydrogens is 286 g/mol. The molecule has 0 bridgehead atoms. The van der Waals surface area contributed by atoms with Crippen molar-refractivity contribution in [2.75, 3.05) is 0 Å². The Morgan fingerprint density at radius 1 is 1.14 bits per heavy atom. The second-order valence-corrected chi connectivity index (χ2v) is 5.98. The number of Topliss-reactive ketones (excluding diaryl/α,β-unsaturated/α-hetero) is 1. The first-order valence-electron chi connectivity index (χ1n) is 6.43. The summed E-state index contributed by atoms with van der Waals surface area (Å²) in [6, 6.07) is 10.8. The Kier molecular flexibility index (Phi) is 4.43. The van der Waals surface area contributed by atoms with Gasteiger partial charge in [0.15, 0.2) is 5.78 Å². The summed E-state index contributed by atoms with van der Waals surface area (Å²) in [5, 5.41) is 10.9. The number of rotatable bonds is 4. The van der Waals surface area contributed by atoms with Crippen LogP contribution < -0.4 is 0 Å². The topological polar surface area (TPSA) is 60.2 Å². The minimum absolute atomic E-state index is 0.146. The summed E-state index contributed by atoms with van der Waals surface area (Å²) in [6.45, 7) is 5.39. The number of hydrogen-bond acceptors (Lipinski definition) is 4. The van der Waals surface area contributed by atoms with Crippen LogP contribution in [-0.2, 0) is 0 Å². The van der Waals surface area contributed by atoms with E-state index < -0.39 is 4.92 Å². The molecule has 0 fully saturated rings. The lowest BCUT2D eigenvalue weighted by atomic mass is 10.1. The van der Waals surface area contributed by atoms with Crippen LogP contribution in [0.25, 0.3) is 0 Å². The highest BCUT2D eigenvalue weighted by atomic mass is 32.2. The number of hydrogen-bond donors (Lipinski definition) is 0. The Balaban J connectivity index is 2.39. The van der Waals surface area contributed by atoms with Gasteiger partial charge in [0.2, 0.25) is 0 Å². The highest BCUT2D eigenvalue weighted by Crippen LogP contribution is 2.33. The Hall–Kier alpha value is -2.14. The van der Waals surface area contributed by atoms with E-state index in [-0.39, 0.29) is 17.0 Å². The molecular formula is C16H15NO3S. The molecule has 0 spiro atoms. The van der Waals surface area contributed by atoms with Gasteiger partial charge in [-0.3, -0.25) is 14.9 Å². The average Bonchev–Trinajstić information content (AvgIpc) is 2.41. The first kappa shape index (κ1) is 15.3. The molecule has 0 aliphatic carbocycles. The van der Waals surface area contributed by atoms with E-state index in [2.05, 4.69) is 6.07 Å². The van der Waals surface area contributed by atoms with Crippen LogP contribution in [-0.4, -0.2) is 10.7 Å². The Bertz CT molecular complexity index is 725. The molecule has 21 heavy (non-hydrogen) atoms. The molecule has 108 valence electrons. The normalized spacial score (nSPS) is 10.4. The maximum atomic E-state index is 11.6. The van der Waals surface area contributed by atoms with Gasteiger partial charge in [-0.05, 0) is 44.5 Å². The molecule has 0 saturated carbocycles. The summed E-state index contributed by atoms with van der Waals surface area (Å²) in [5.74, 6) is -0.301. The molecule has 2 aromatic carbocycles. The Morgan fingerprint density at radius 2 is 1.86 bits per heavy atom. The molecule has 0 saturated heterocycles. The van der Waals surface area contributed by atoms with Gasteiger partial charge in [0.05, 0.1) is 10.5 Å². The largest absolute Gasteiger partial charge is 0.294 e. The van der Waals surface area contributed by atoms with Crippen molar-refractivity contribution in [2.45, 2.75) is 30.6 Å². The fourth-order valence-electron chi connectivity index (χ4n) is 2.06. The minimum Gasteiger partial charge on any atom is -0.294 e. The first-order chi connectivity index (χ1) is 9.88. The lowest BCUT2D eigenvalue weighted by Crippen LogP contribution is -2.00. The molecule has 4 nitrogen and oxygen atoms in total. The zero-order valence-corrected chi connectivity index (χ0v) is 12.9. The van der Waals surface area contributed by atoms with E-state index >= 15 is 0 Å². The minimum atomic E-state index is -0.525. The van der Waals surface area contributed by atoms with Crippen LogP contribution in [0.1, 0.15) is 28.4 Å². The number of nitro benzene ring substituents is 1. The standard InChI is InChI=1S/C16H15NO3S/c1-10-4-7-16(11(2)8-10)21-13-5-6-15(17(19)20)14(9-13)12(3)18/h4-9H,1-3H3. The van der Waals surface area contributed by atoms with Crippen molar-refractivity contribution in [3.05, 3.63) is 63.2 Å². The third kappa shape index (κ3) is 3.49. The summed E-state index contributed by atoms with van der Waals surface area (Å²) in [5.41, 5.74) is 2.33. The van der Waals surface area contributed by atoms with Gasteiger partial charge >= 0.3 is 0 Å². The fourth-order valence-corrected chi connectivity index (χ4v) is 2.98. The third-order valence-electron chi connectivity index (χ3n) is 3.10. The lowest BCUT2D eigenvalue weighted by molar-refractivity contribution is -0.385. The number of carbonyl (C=O) groups excluding carboxylic acids is 1. The van der Waals surface area contributed by atoms with Crippen LogP contribution in [0.3, 0.4) is 0 Å². The smallest absolute Gasteiger partial charge is 0.280 e. The van der Waals surface area contributed by atoms with Crippen LogP contribution in [0.15, 0.2) is 46.2 Å². The van der Waals surface area contributed by atoms with Gasteiger partial charge in [-0.1, -0.05) is 29.5 Å². The second kappa shape index (κ2) is 6.10. The van der Waals surface area contributed by atoms with Crippen LogP contribution in [0.5, 0.6) is 0 Å². The number of nitrogens with zero attached hydrogens (tertiary/aromatic N) is 1. The van der Waals surface area contributed by atoms with Gasteiger partial charge in [0, 0.05) is 15.9 Å². The molecule has 2 rings (SSSR count). The SMILES string of the molecule is CC(=O)c1cc(Sc2ccc(C)cc2C)ccc1[N+](=O)[O-]. The summed E-state index contributed by atoms with van der Waals surface area (Å²) in [6.07, 6.45) is 0. The molecule has 2 aromatic rings. The lowest BCUT2D eigenvalue weighted by Gasteiger charge is -2.08. The van der Waals surface area contributed by atoms with Crippen molar-refractivity contribution in [3.63, 3.8) is 0 Å². The van der Waals surface area contributed by atoms with E-state index in [1.807, 2.05) is 26.0 Å². The Labute approximate surface area is 127 Å². The van der Waals surface area contributed by atoms with E-state index in [4.69, 9.17) is 0 Å². The van der Waals surface area contributed by atoms with Gasteiger partial charge in [-0.2, -0.15) is 0 Å². The number of ketones is 1. The predicted molar refractivity (Wildman–Crippen MR) is 83.1 cm³/mol. The van der Waals surface area contributed by atoms with Crippen LogP contribution in [0.2, 0.25) is 0 Å². The van der Waals surface area contributed by atoms with Crippen molar-refractivity contribution in [2.24, 2.45) is 0 Å².